The van der Waals surface area contributed by atoms with Gasteiger partial charge in [0.1, 0.15) is 0 Å². The van der Waals surface area contributed by atoms with Gasteiger partial charge in [0, 0.05) is 19.6 Å². The average Bonchev–Trinajstić information content (AvgIpc) is 2.91. The molecular formula is C15H20Cl2N2O2. The van der Waals surface area contributed by atoms with Gasteiger partial charge in [-0.2, -0.15) is 0 Å². The molecule has 0 radical (unpaired) electrons. The van der Waals surface area contributed by atoms with Gasteiger partial charge in [-0.05, 0) is 18.2 Å². The lowest BCUT2D eigenvalue weighted by Crippen LogP contribution is -2.44. The van der Waals surface area contributed by atoms with Crippen LogP contribution in [0.3, 0.4) is 0 Å². The predicted molar refractivity (Wildman–Crippen MR) is 84.7 cm³/mol. The molecule has 1 heterocycles. The lowest BCUT2D eigenvalue weighted by molar-refractivity contribution is -0.135. The number of carbonyl (C=O) groups is 1. The summed E-state index contributed by atoms with van der Waals surface area (Å²) in [5.74, 6) is -0.0811. The molecule has 116 valence electrons. The van der Waals surface area contributed by atoms with Gasteiger partial charge >= 0.3 is 0 Å². The Balaban J connectivity index is 2.04. The Morgan fingerprint density at radius 1 is 1.43 bits per heavy atom. The number of benzene rings is 1. The molecule has 1 amide bonds. The Kier molecular flexibility index (Phi) is 5.88. The third-order valence-corrected chi connectivity index (χ3v) is 4.54. The number of ether oxygens (including phenoxy) is 1. The van der Waals surface area contributed by atoms with E-state index in [-0.39, 0.29) is 17.9 Å². The van der Waals surface area contributed by atoms with Gasteiger partial charge in [-0.25, -0.2) is 0 Å². The van der Waals surface area contributed by atoms with Crippen LogP contribution in [-0.2, 0) is 16.1 Å². The Bertz CT molecular complexity index is 510. The van der Waals surface area contributed by atoms with Gasteiger partial charge in [0.05, 0.1) is 29.2 Å². The molecule has 2 rings (SSSR count). The second-order valence-corrected chi connectivity index (χ2v) is 6.00. The molecule has 0 spiro atoms. The van der Waals surface area contributed by atoms with Crippen molar-refractivity contribution in [1.29, 1.82) is 0 Å². The van der Waals surface area contributed by atoms with Gasteiger partial charge in [-0.1, -0.05) is 42.3 Å². The number of nitrogens with one attached hydrogen (secondary N) is 1. The Morgan fingerprint density at radius 3 is 2.90 bits per heavy atom. The smallest absolute Gasteiger partial charge is 0.229 e. The minimum Gasteiger partial charge on any atom is -0.379 e. The number of likely N-dealkylation sites (N-methyl/N-ethyl adjacent to an activating group) is 1. The Hall–Kier alpha value is -0.810. The number of hydrogen-bond acceptors (Lipinski definition) is 3. The number of hydrogen-bond donors (Lipinski definition) is 1. The second kappa shape index (κ2) is 7.45. The van der Waals surface area contributed by atoms with Crippen molar-refractivity contribution in [2.24, 2.45) is 5.92 Å². The summed E-state index contributed by atoms with van der Waals surface area (Å²) in [6.07, 6.45) is 0. The van der Waals surface area contributed by atoms with Crippen molar-refractivity contribution in [3.05, 3.63) is 33.8 Å². The van der Waals surface area contributed by atoms with Crippen LogP contribution in [0.5, 0.6) is 0 Å². The van der Waals surface area contributed by atoms with Crippen LogP contribution >= 0.6 is 23.2 Å². The first kappa shape index (κ1) is 16.6. The van der Waals surface area contributed by atoms with Crippen LogP contribution in [0.1, 0.15) is 12.5 Å². The number of rotatable bonds is 5. The normalized spacial score (nSPS) is 21.5. The van der Waals surface area contributed by atoms with E-state index < -0.39 is 0 Å². The van der Waals surface area contributed by atoms with Gasteiger partial charge in [-0.3, -0.25) is 4.79 Å². The molecule has 1 aromatic carbocycles. The van der Waals surface area contributed by atoms with E-state index in [4.69, 9.17) is 27.9 Å². The third kappa shape index (κ3) is 3.89. The molecule has 1 saturated heterocycles. The van der Waals surface area contributed by atoms with E-state index in [0.29, 0.717) is 29.8 Å². The summed E-state index contributed by atoms with van der Waals surface area (Å²) in [5, 5.41) is 4.30. The molecule has 2 unspecified atom stereocenters. The number of carbonyl (C=O) groups excluding carboxylic acids is 1. The first-order chi connectivity index (χ1) is 10.0. The number of nitrogens with zero attached hydrogens (tertiary/aromatic N) is 1. The summed E-state index contributed by atoms with van der Waals surface area (Å²) in [7, 11) is 1.78. The van der Waals surface area contributed by atoms with Crippen molar-refractivity contribution in [2.75, 3.05) is 26.8 Å². The molecule has 0 bridgehead atoms. The summed E-state index contributed by atoms with van der Waals surface area (Å²) < 4.78 is 5.43. The maximum Gasteiger partial charge on any atom is 0.229 e. The van der Waals surface area contributed by atoms with E-state index in [2.05, 4.69) is 5.32 Å². The fourth-order valence-electron chi connectivity index (χ4n) is 2.55. The number of amides is 1. The molecule has 0 aliphatic carbocycles. The maximum absolute atomic E-state index is 12.6. The van der Waals surface area contributed by atoms with Crippen LogP contribution in [-0.4, -0.2) is 43.7 Å². The third-order valence-electron chi connectivity index (χ3n) is 3.68. The van der Waals surface area contributed by atoms with Crippen molar-refractivity contribution < 1.29 is 9.53 Å². The van der Waals surface area contributed by atoms with Gasteiger partial charge in [0.25, 0.3) is 0 Å². The quantitative estimate of drug-likeness (QED) is 0.902. The summed E-state index contributed by atoms with van der Waals surface area (Å²) in [5.41, 5.74) is 0.846. The molecule has 21 heavy (non-hydrogen) atoms. The fraction of sp³-hybridized carbons (Fsp3) is 0.533. The van der Waals surface area contributed by atoms with E-state index in [1.54, 1.807) is 18.0 Å². The Labute approximate surface area is 135 Å². The summed E-state index contributed by atoms with van der Waals surface area (Å²) in [6, 6.07) is 5.54. The van der Waals surface area contributed by atoms with Crippen LogP contribution < -0.4 is 5.32 Å². The summed E-state index contributed by atoms with van der Waals surface area (Å²) in [6.45, 7) is 4.32. The monoisotopic (exact) mass is 330 g/mol. The molecule has 1 aromatic rings. The zero-order valence-electron chi connectivity index (χ0n) is 12.2. The van der Waals surface area contributed by atoms with Gasteiger partial charge < -0.3 is 15.0 Å². The van der Waals surface area contributed by atoms with E-state index >= 15 is 0 Å². The predicted octanol–water partition coefficient (Wildman–Crippen LogP) is 2.58. The second-order valence-electron chi connectivity index (χ2n) is 5.22. The van der Waals surface area contributed by atoms with Crippen molar-refractivity contribution in [1.82, 2.24) is 10.2 Å². The molecule has 0 aromatic heterocycles. The summed E-state index contributed by atoms with van der Waals surface area (Å²) >= 11 is 12.2. The summed E-state index contributed by atoms with van der Waals surface area (Å²) in [4.78, 5) is 14.2. The van der Waals surface area contributed by atoms with E-state index in [9.17, 15) is 4.79 Å². The highest BCUT2D eigenvalue weighted by atomic mass is 35.5. The lowest BCUT2D eigenvalue weighted by Gasteiger charge is -2.24. The molecule has 1 fully saturated rings. The Morgan fingerprint density at radius 2 is 2.19 bits per heavy atom. The fourth-order valence-corrected chi connectivity index (χ4v) is 2.93. The van der Waals surface area contributed by atoms with Crippen molar-refractivity contribution in [3.8, 4) is 0 Å². The highest BCUT2D eigenvalue weighted by molar-refractivity contribution is 6.42. The highest BCUT2D eigenvalue weighted by Crippen LogP contribution is 2.27. The zero-order valence-corrected chi connectivity index (χ0v) is 13.7. The van der Waals surface area contributed by atoms with E-state index in [1.165, 1.54) is 0 Å². The van der Waals surface area contributed by atoms with Crippen molar-refractivity contribution in [3.63, 3.8) is 0 Å². The standard InChI is InChI=1S/C15H20Cl2N2O2/c1-3-18-13-9-21-8-11(13)15(20)19(2)7-10-5-4-6-12(16)14(10)17/h4-6,11,13,18H,3,7-9H2,1-2H3. The SMILES string of the molecule is CCNC1COCC1C(=O)N(C)Cc1cccc(Cl)c1Cl. The average molecular weight is 331 g/mol. The minimum absolute atomic E-state index is 0.0643. The van der Waals surface area contributed by atoms with Crippen LogP contribution in [0, 0.1) is 5.92 Å². The van der Waals surface area contributed by atoms with Crippen LogP contribution in [0.4, 0.5) is 0 Å². The first-order valence-corrected chi connectivity index (χ1v) is 7.79. The van der Waals surface area contributed by atoms with Gasteiger partial charge in [-0.15, -0.1) is 0 Å². The minimum atomic E-state index is -0.145. The molecule has 1 N–H and O–H groups in total. The van der Waals surface area contributed by atoms with Crippen molar-refractivity contribution in [2.45, 2.75) is 19.5 Å². The maximum atomic E-state index is 12.6. The largest absolute Gasteiger partial charge is 0.379 e. The van der Waals surface area contributed by atoms with Crippen molar-refractivity contribution >= 4 is 29.1 Å². The molecule has 6 heteroatoms. The van der Waals surface area contributed by atoms with Crippen LogP contribution in [0.15, 0.2) is 18.2 Å². The first-order valence-electron chi connectivity index (χ1n) is 7.03. The van der Waals surface area contributed by atoms with Gasteiger partial charge in [0.15, 0.2) is 0 Å². The van der Waals surface area contributed by atoms with Crippen LogP contribution in [0.2, 0.25) is 10.0 Å². The molecular weight excluding hydrogens is 311 g/mol. The topological polar surface area (TPSA) is 41.6 Å². The molecule has 1 aliphatic heterocycles. The van der Waals surface area contributed by atoms with Gasteiger partial charge in [0.2, 0.25) is 5.91 Å². The molecule has 0 saturated carbocycles. The zero-order chi connectivity index (χ0) is 15.4. The molecule has 2 atom stereocenters. The van der Waals surface area contributed by atoms with E-state index in [1.807, 2.05) is 19.1 Å². The number of halogens is 2. The van der Waals surface area contributed by atoms with Crippen LogP contribution in [0.25, 0.3) is 0 Å². The van der Waals surface area contributed by atoms with E-state index in [0.717, 1.165) is 12.1 Å². The lowest BCUT2D eigenvalue weighted by atomic mass is 10.0. The molecule has 4 nitrogen and oxygen atoms in total. The highest BCUT2D eigenvalue weighted by Gasteiger charge is 2.35. The molecule has 1 aliphatic rings.